The number of carbonyl (C=O) groups excluding carboxylic acids is 1. The third-order valence-corrected chi connectivity index (χ3v) is 10.3. The average Bonchev–Trinajstić information content (AvgIpc) is 3.28. The Hall–Kier alpha value is -3.18. The minimum absolute atomic E-state index is 0.0518. The number of halogens is 1. The summed E-state index contributed by atoms with van der Waals surface area (Å²) in [5, 5.41) is 13.9. The van der Waals surface area contributed by atoms with Crippen molar-refractivity contribution in [1.29, 1.82) is 5.26 Å². The summed E-state index contributed by atoms with van der Waals surface area (Å²) in [6, 6.07) is 6.07. The van der Waals surface area contributed by atoms with Crippen molar-refractivity contribution in [2.75, 3.05) is 31.3 Å². The minimum Gasteiger partial charge on any atom is -0.444 e. The number of likely N-dealkylation sites (tertiary alicyclic amines) is 1. The number of benzene rings is 1. The van der Waals surface area contributed by atoms with E-state index in [-0.39, 0.29) is 34.3 Å². The molecular formula is C30H41ClN6O5SSi. The number of sulfone groups is 1. The molecule has 3 aromatic rings. The zero-order valence-corrected chi connectivity index (χ0v) is 29.0. The normalized spacial score (nSPS) is 16.2. The van der Waals surface area contributed by atoms with E-state index in [0.717, 1.165) is 25.1 Å². The fourth-order valence-electron chi connectivity index (χ4n) is 5.05. The second kappa shape index (κ2) is 13.0. The molecule has 0 saturated carbocycles. The van der Waals surface area contributed by atoms with Gasteiger partial charge in [0.15, 0.2) is 9.84 Å². The topological polar surface area (TPSA) is 139 Å². The summed E-state index contributed by atoms with van der Waals surface area (Å²) >= 11 is 6.65. The minimum atomic E-state index is -3.79. The maximum atomic E-state index is 13.0. The maximum absolute atomic E-state index is 13.0. The summed E-state index contributed by atoms with van der Waals surface area (Å²) in [6.07, 6.45) is 5.59. The molecule has 0 aliphatic carbocycles. The van der Waals surface area contributed by atoms with E-state index < -0.39 is 23.5 Å². The first kappa shape index (κ1) is 33.7. The highest BCUT2D eigenvalue weighted by molar-refractivity contribution is 7.91. The van der Waals surface area contributed by atoms with Gasteiger partial charge >= 0.3 is 6.09 Å². The summed E-state index contributed by atoms with van der Waals surface area (Å²) in [5.41, 5.74) is 0.807. The van der Waals surface area contributed by atoms with Gasteiger partial charge in [0.25, 0.3) is 0 Å². The molecule has 0 radical (unpaired) electrons. The van der Waals surface area contributed by atoms with Crippen LogP contribution >= 0.6 is 11.6 Å². The number of amides is 1. The molecule has 1 N–H and O–H groups in total. The predicted molar refractivity (Wildman–Crippen MR) is 174 cm³/mol. The SMILES string of the molecule is CC(C)(C)OC(=O)N1CCC[C@H](Nc2ncc(Cl)c(-c3cn(COCC[Si](C)(C)C)c4c(S(C)(=O)=O)c(C#N)ccc34)n2)C1. The van der Waals surface area contributed by atoms with E-state index >= 15 is 0 Å². The molecule has 1 aliphatic heterocycles. The fourth-order valence-corrected chi connectivity index (χ4v) is 7.10. The molecular weight excluding hydrogens is 620 g/mol. The van der Waals surface area contributed by atoms with E-state index in [1.165, 1.54) is 12.3 Å². The molecule has 1 atom stereocenters. The molecule has 14 heteroatoms. The third-order valence-electron chi connectivity index (χ3n) is 7.12. The van der Waals surface area contributed by atoms with Gasteiger partial charge in [0.2, 0.25) is 5.95 Å². The Bertz CT molecular complexity index is 1690. The van der Waals surface area contributed by atoms with Crippen LogP contribution in [0.4, 0.5) is 10.7 Å². The number of hydrogen-bond acceptors (Lipinski definition) is 9. The van der Waals surface area contributed by atoms with Gasteiger partial charge in [0.05, 0.1) is 28.0 Å². The Morgan fingerprint density at radius 1 is 1.27 bits per heavy atom. The Morgan fingerprint density at radius 2 is 2.00 bits per heavy atom. The quantitative estimate of drug-likeness (QED) is 0.211. The molecule has 1 amide bonds. The van der Waals surface area contributed by atoms with E-state index in [4.69, 9.17) is 26.1 Å². The first-order valence-corrected chi connectivity index (χ1v) is 20.6. The summed E-state index contributed by atoms with van der Waals surface area (Å²) in [5.74, 6) is 0.324. The van der Waals surface area contributed by atoms with Gasteiger partial charge in [-0.25, -0.2) is 23.2 Å². The number of fused-ring (bicyclic) bond motifs is 1. The number of hydrogen-bond donors (Lipinski definition) is 1. The second-order valence-corrected chi connectivity index (χ2v) is 21.4. The molecule has 1 fully saturated rings. The van der Waals surface area contributed by atoms with Crippen LogP contribution in [0.3, 0.4) is 0 Å². The number of aromatic nitrogens is 3. The summed E-state index contributed by atoms with van der Waals surface area (Å²) in [6.45, 7) is 13.9. The number of rotatable bonds is 9. The van der Waals surface area contributed by atoms with E-state index in [1.54, 1.807) is 21.7 Å². The van der Waals surface area contributed by atoms with E-state index in [0.29, 0.717) is 47.8 Å². The van der Waals surface area contributed by atoms with Crippen LogP contribution in [0.15, 0.2) is 29.4 Å². The average molecular weight is 661 g/mol. The van der Waals surface area contributed by atoms with Crippen molar-refractivity contribution in [3.8, 4) is 17.3 Å². The van der Waals surface area contributed by atoms with Crippen LogP contribution in [0.2, 0.25) is 30.7 Å². The summed E-state index contributed by atoms with van der Waals surface area (Å²) in [4.78, 5) is 23.4. The molecule has 1 aliphatic rings. The Balaban J connectivity index is 1.70. The molecule has 44 heavy (non-hydrogen) atoms. The summed E-state index contributed by atoms with van der Waals surface area (Å²) < 4.78 is 39.2. The smallest absolute Gasteiger partial charge is 0.410 e. The van der Waals surface area contributed by atoms with Gasteiger partial charge in [-0.05, 0) is 45.7 Å². The molecule has 0 unspecified atom stereocenters. The first-order chi connectivity index (χ1) is 20.5. The van der Waals surface area contributed by atoms with Crippen LogP contribution in [-0.4, -0.2) is 79.6 Å². The van der Waals surface area contributed by atoms with E-state index in [9.17, 15) is 18.5 Å². The Morgan fingerprint density at radius 3 is 2.64 bits per heavy atom. The standard InChI is InChI=1S/C30H41ClN6O5SSi/c1-30(2,3)42-29(38)36-12-8-9-21(17-36)34-28-33-16-24(31)25(35-28)23-18-37(19-41-13-14-44(5,6)7)26-22(23)11-10-20(15-32)27(26)43(4,39)40/h10-11,16,18,21H,8-9,12-14,17,19H2,1-7H3,(H,33,34,35)/t21-/m0/s1. The van der Waals surface area contributed by atoms with Gasteiger partial charge in [-0.3, -0.25) is 0 Å². The Labute approximate surface area is 265 Å². The predicted octanol–water partition coefficient (Wildman–Crippen LogP) is 6.15. The fraction of sp³-hybridized carbons (Fsp3) is 0.533. The highest BCUT2D eigenvalue weighted by Gasteiger charge is 2.29. The molecule has 3 heterocycles. The lowest BCUT2D eigenvalue weighted by atomic mass is 10.1. The molecule has 238 valence electrons. The highest BCUT2D eigenvalue weighted by atomic mass is 35.5. The molecule has 0 bridgehead atoms. The van der Waals surface area contributed by atoms with Gasteiger partial charge in [-0.2, -0.15) is 5.26 Å². The van der Waals surface area contributed by atoms with Crippen LogP contribution in [0.1, 0.15) is 39.2 Å². The van der Waals surface area contributed by atoms with Crippen molar-refractivity contribution >= 4 is 52.5 Å². The molecule has 11 nitrogen and oxygen atoms in total. The highest BCUT2D eigenvalue weighted by Crippen LogP contribution is 2.38. The lowest BCUT2D eigenvalue weighted by Crippen LogP contribution is -2.47. The third kappa shape index (κ3) is 8.29. The van der Waals surface area contributed by atoms with Gasteiger partial charge in [-0.15, -0.1) is 0 Å². The van der Waals surface area contributed by atoms with Crippen molar-refractivity contribution in [3.63, 3.8) is 0 Å². The number of piperidine rings is 1. The van der Waals surface area contributed by atoms with Gasteiger partial charge in [0.1, 0.15) is 23.3 Å². The maximum Gasteiger partial charge on any atom is 0.410 e. The second-order valence-electron chi connectivity index (χ2n) is 13.4. The van der Waals surface area contributed by atoms with Crippen LogP contribution in [0.25, 0.3) is 22.2 Å². The van der Waals surface area contributed by atoms with Crippen LogP contribution in [0, 0.1) is 11.3 Å². The van der Waals surface area contributed by atoms with E-state index in [1.807, 2.05) is 26.8 Å². The molecule has 4 rings (SSSR count). The lowest BCUT2D eigenvalue weighted by molar-refractivity contribution is 0.0206. The van der Waals surface area contributed by atoms with Crippen LogP contribution in [0.5, 0.6) is 0 Å². The molecule has 0 spiro atoms. The van der Waals surface area contributed by atoms with Crippen LogP contribution in [-0.2, 0) is 26.0 Å². The van der Waals surface area contributed by atoms with Crippen molar-refractivity contribution in [2.45, 2.75) is 82.6 Å². The van der Waals surface area contributed by atoms with E-state index in [2.05, 4.69) is 29.9 Å². The zero-order valence-electron chi connectivity index (χ0n) is 26.4. The zero-order chi connectivity index (χ0) is 32.4. The van der Waals surface area contributed by atoms with Gasteiger partial charge in [0, 0.05) is 57.2 Å². The molecule has 2 aromatic heterocycles. The van der Waals surface area contributed by atoms with Crippen molar-refractivity contribution < 1.29 is 22.7 Å². The number of nitrogens with one attached hydrogen (secondary N) is 1. The summed E-state index contributed by atoms with van der Waals surface area (Å²) in [7, 11) is -5.14. The van der Waals surface area contributed by atoms with Crippen molar-refractivity contribution in [2.24, 2.45) is 0 Å². The number of nitriles is 1. The van der Waals surface area contributed by atoms with Crippen molar-refractivity contribution in [3.05, 3.63) is 35.1 Å². The van der Waals surface area contributed by atoms with Gasteiger partial charge in [-0.1, -0.05) is 37.3 Å². The van der Waals surface area contributed by atoms with Crippen molar-refractivity contribution in [1.82, 2.24) is 19.4 Å². The number of anilines is 1. The monoisotopic (exact) mass is 660 g/mol. The lowest BCUT2D eigenvalue weighted by Gasteiger charge is -2.34. The molecule has 1 aromatic carbocycles. The van der Waals surface area contributed by atoms with Crippen LogP contribution < -0.4 is 5.32 Å². The largest absolute Gasteiger partial charge is 0.444 e. The Kier molecular flexibility index (Phi) is 9.99. The number of nitrogens with zero attached hydrogens (tertiary/aromatic N) is 5. The number of ether oxygens (including phenoxy) is 2. The first-order valence-electron chi connectivity index (χ1n) is 14.6. The number of carbonyl (C=O) groups is 1. The molecule has 1 saturated heterocycles. The van der Waals surface area contributed by atoms with Gasteiger partial charge < -0.3 is 24.3 Å².